The fraction of sp³-hybridized carbons (Fsp3) is 1.00. The standard InChI is InChI=1S/C6H10Cl3N/c7-6(8,9)10-4-2-1-3-5-10/h1-5H2. The second-order valence-electron chi connectivity index (χ2n) is 2.52. The van der Waals surface area contributed by atoms with Gasteiger partial charge < -0.3 is 0 Å². The normalized spacial score (nSPS) is 23.1. The van der Waals surface area contributed by atoms with Crippen LogP contribution < -0.4 is 0 Å². The number of piperidine rings is 1. The highest BCUT2D eigenvalue weighted by atomic mass is 35.6. The highest BCUT2D eigenvalue weighted by Gasteiger charge is 2.29. The molecule has 10 heavy (non-hydrogen) atoms. The molecule has 1 rings (SSSR count). The van der Waals surface area contributed by atoms with Crippen LogP contribution in [0.25, 0.3) is 0 Å². The Labute approximate surface area is 76.2 Å². The number of nitrogens with zero attached hydrogens (tertiary/aromatic N) is 1. The number of halogens is 3. The SMILES string of the molecule is ClC(Cl)(Cl)N1CCCCC1. The van der Waals surface area contributed by atoms with Gasteiger partial charge in [0.1, 0.15) is 0 Å². The van der Waals surface area contributed by atoms with E-state index < -0.39 is 3.92 Å². The van der Waals surface area contributed by atoms with Crippen molar-refractivity contribution in [2.24, 2.45) is 0 Å². The van der Waals surface area contributed by atoms with E-state index in [1.54, 1.807) is 0 Å². The zero-order valence-corrected chi connectivity index (χ0v) is 7.88. The van der Waals surface area contributed by atoms with Gasteiger partial charge in [0.2, 0.25) is 3.92 Å². The Bertz CT molecular complexity index is 104. The average molecular weight is 203 g/mol. The van der Waals surface area contributed by atoms with E-state index in [1.807, 2.05) is 4.90 Å². The fourth-order valence-corrected chi connectivity index (χ4v) is 1.65. The van der Waals surface area contributed by atoms with Crippen LogP contribution in [0, 0.1) is 0 Å². The van der Waals surface area contributed by atoms with Crippen molar-refractivity contribution in [3.8, 4) is 0 Å². The number of likely N-dealkylation sites (tertiary alicyclic amines) is 1. The summed E-state index contributed by atoms with van der Waals surface area (Å²) in [6, 6.07) is 0. The minimum atomic E-state index is -1.18. The summed E-state index contributed by atoms with van der Waals surface area (Å²) < 4.78 is -1.18. The molecule has 1 aliphatic heterocycles. The summed E-state index contributed by atoms with van der Waals surface area (Å²) >= 11 is 17.0. The summed E-state index contributed by atoms with van der Waals surface area (Å²) in [7, 11) is 0. The van der Waals surface area contributed by atoms with Crippen LogP contribution in [0.5, 0.6) is 0 Å². The molecule has 0 unspecified atom stereocenters. The molecule has 1 aliphatic rings. The molecule has 0 spiro atoms. The van der Waals surface area contributed by atoms with E-state index >= 15 is 0 Å². The fourth-order valence-electron chi connectivity index (χ4n) is 1.15. The smallest absolute Gasteiger partial charge is 0.247 e. The first-order valence-electron chi connectivity index (χ1n) is 3.42. The molecule has 0 saturated carbocycles. The minimum Gasteiger partial charge on any atom is -0.259 e. The van der Waals surface area contributed by atoms with Gasteiger partial charge in [-0.05, 0) is 12.8 Å². The van der Waals surface area contributed by atoms with Gasteiger partial charge in [-0.3, -0.25) is 4.90 Å². The Kier molecular flexibility index (Phi) is 3.11. The highest BCUT2D eigenvalue weighted by molar-refractivity contribution is 6.67. The van der Waals surface area contributed by atoms with Gasteiger partial charge in [-0.2, -0.15) is 0 Å². The van der Waals surface area contributed by atoms with Crippen molar-refractivity contribution in [3.05, 3.63) is 0 Å². The van der Waals surface area contributed by atoms with Gasteiger partial charge in [0.15, 0.2) is 0 Å². The molecule has 1 nitrogen and oxygen atoms in total. The van der Waals surface area contributed by atoms with Crippen LogP contribution in [-0.4, -0.2) is 21.9 Å². The Hall–Kier alpha value is 0.830. The van der Waals surface area contributed by atoms with Gasteiger partial charge in [0, 0.05) is 13.1 Å². The molecule has 0 aromatic carbocycles. The van der Waals surface area contributed by atoms with E-state index in [0.29, 0.717) is 0 Å². The van der Waals surface area contributed by atoms with Gasteiger partial charge in [-0.1, -0.05) is 41.2 Å². The third kappa shape index (κ3) is 2.46. The van der Waals surface area contributed by atoms with Crippen molar-refractivity contribution < 1.29 is 0 Å². The number of rotatable bonds is 0. The lowest BCUT2D eigenvalue weighted by Crippen LogP contribution is -2.39. The minimum absolute atomic E-state index is 0.913. The maximum Gasteiger partial charge on any atom is 0.247 e. The van der Waals surface area contributed by atoms with E-state index in [9.17, 15) is 0 Å². The molecule has 0 amide bonds. The van der Waals surface area contributed by atoms with Gasteiger partial charge in [-0.25, -0.2) is 0 Å². The Morgan fingerprint density at radius 1 is 0.900 bits per heavy atom. The van der Waals surface area contributed by atoms with Crippen LogP contribution >= 0.6 is 34.8 Å². The molecule has 4 heteroatoms. The van der Waals surface area contributed by atoms with Crippen molar-refractivity contribution in [1.29, 1.82) is 0 Å². The predicted octanol–water partition coefficient (Wildman–Crippen LogP) is 2.80. The summed E-state index contributed by atoms with van der Waals surface area (Å²) in [6.45, 7) is 1.83. The first-order valence-corrected chi connectivity index (χ1v) is 4.56. The second kappa shape index (κ2) is 3.48. The van der Waals surface area contributed by atoms with Crippen LogP contribution in [0.2, 0.25) is 0 Å². The predicted molar refractivity (Wildman–Crippen MR) is 45.7 cm³/mol. The lowest BCUT2D eigenvalue weighted by molar-refractivity contribution is 0.228. The van der Waals surface area contributed by atoms with E-state index in [0.717, 1.165) is 25.9 Å². The van der Waals surface area contributed by atoms with Gasteiger partial charge in [0.05, 0.1) is 0 Å². The molecule has 0 aromatic heterocycles. The topological polar surface area (TPSA) is 3.24 Å². The van der Waals surface area contributed by atoms with Crippen LogP contribution in [0.1, 0.15) is 19.3 Å². The summed E-state index contributed by atoms with van der Waals surface area (Å²) in [5.74, 6) is 0. The van der Waals surface area contributed by atoms with Gasteiger partial charge in [-0.15, -0.1) is 0 Å². The maximum absolute atomic E-state index is 5.67. The molecule has 0 aliphatic carbocycles. The Balaban J connectivity index is 2.39. The number of hydrogen-bond donors (Lipinski definition) is 0. The molecule has 1 fully saturated rings. The van der Waals surface area contributed by atoms with Crippen molar-refractivity contribution in [2.75, 3.05) is 13.1 Å². The molecule has 0 N–H and O–H groups in total. The Morgan fingerprint density at radius 3 is 1.70 bits per heavy atom. The third-order valence-corrected chi connectivity index (χ3v) is 2.43. The summed E-state index contributed by atoms with van der Waals surface area (Å²) in [4.78, 5) is 1.88. The summed E-state index contributed by atoms with van der Waals surface area (Å²) in [6.07, 6.45) is 3.55. The van der Waals surface area contributed by atoms with Crippen molar-refractivity contribution >= 4 is 34.8 Å². The number of hydrogen-bond acceptors (Lipinski definition) is 1. The van der Waals surface area contributed by atoms with E-state index in [-0.39, 0.29) is 0 Å². The molecular formula is C6H10Cl3N. The quantitative estimate of drug-likeness (QED) is 0.431. The van der Waals surface area contributed by atoms with Gasteiger partial charge in [0.25, 0.3) is 0 Å². The van der Waals surface area contributed by atoms with Crippen molar-refractivity contribution in [2.45, 2.75) is 23.2 Å². The molecule has 60 valence electrons. The highest BCUT2D eigenvalue weighted by Crippen LogP contribution is 2.32. The molecular weight excluding hydrogens is 192 g/mol. The lowest BCUT2D eigenvalue weighted by Gasteiger charge is -2.32. The maximum atomic E-state index is 5.67. The zero-order valence-electron chi connectivity index (χ0n) is 5.62. The van der Waals surface area contributed by atoms with E-state index in [4.69, 9.17) is 34.8 Å². The second-order valence-corrected chi connectivity index (χ2v) is 4.74. The summed E-state index contributed by atoms with van der Waals surface area (Å²) in [5.41, 5.74) is 0. The zero-order chi connectivity index (χ0) is 7.61. The molecule has 0 radical (unpaired) electrons. The van der Waals surface area contributed by atoms with Gasteiger partial charge >= 0.3 is 0 Å². The first kappa shape index (κ1) is 8.92. The molecule has 0 bridgehead atoms. The van der Waals surface area contributed by atoms with Crippen LogP contribution in [-0.2, 0) is 0 Å². The monoisotopic (exact) mass is 201 g/mol. The first-order chi connectivity index (χ1) is 4.61. The van der Waals surface area contributed by atoms with E-state index in [1.165, 1.54) is 6.42 Å². The molecule has 0 aromatic rings. The Morgan fingerprint density at radius 2 is 1.40 bits per heavy atom. The van der Waals surface area contributed by atoms with E-state index in [2.05, 4.69) is 0 Å². The lowest BCUT2D eigenvalue weighted by atomic mass is 10.1. The van der Waals surface area contributed by atoms with Crippen molar-refractivity contribution in [1.82, 2.24) is 4.90 Å². The third-order valence-electron chi connectivity index (χ3n) is 1.71. The van der Waals surface area contributed by atoms with Crippen LogP contribution in [0.3, 0.4) is 0 Å². The van der Waals surface area contributed by atoms with Crippen LogP contribution in [0.15, 0.2) is 0 Å². The number of alkyl halides is 3. The molecule has 0 atom stereocenters. The molecule has 1 heterocycles. The van der Waals surface area contributed by atoms with Crippen molar-refractivity contribution in [3.63, 3.8) is 0 Å². The largest absolute Gasteiger partial charge is 0.259 e. The molecule has 1 saturated heterocycles. The van der Waals surface area contributed by atoms with Crippen LogP contribution in [0.4, 0.5) is 0 Å². The average Bonchev–Trinajstić information content (AvgIpc) is 1.88. The summed E-state index contributed by atoms with van der Waals surface area (Å²) in [5, 5.41) is 0.